The Kier molecular flexibility index (Phi) is 6.43. The third-order valence-electron chi connectivity index (χ3n) is 3.35. The van der Waals surface area contributed by atoms with E-state index in [4.69, 9.17) is 5.11 Å². The van der Waals surface area contributed by atoms with Gasteiger partial charge in [-0.1, -0.05) is 12.1 Å². The molecule has 142 valence electrons. The van der Waals surface area contributed by atoms with Gasteiger partial charge in [0.05, 0.1) is 17.9 Å². The van der Waals surface area contributed by atoms with Crippen LogP contribution in [-0.4, -0.2) is 38.3 Å². The van der Waals surface area contributed by atoms with E-state index in [0.717, 1.165) is 23.5 Å². The van der Waals surface area contributed by atoms with Crippen LogP contribution in [-0.2, 0) is 26.6 Å². The Morgan fingerprint density at radius 1 is 1.15 bits per heavy atom. The first-order valence-electron chi connectivity index (χ1n) is 7.44. The molecule has 2 rings (SSSR count). The number of halogens is 3. The van der Waals surface area contributed by atoms with E-state index in [1.54, 1.807) is 11.4 Å². The summed E-state index contributed by atoms with van der Waals surface area (Å²) in [6.07, 6.45) is -4.41. The summed E-state index contributed by atoms with van der Waals surface area (Å²) in [5, 5.41) is 12.5. The maximum Gasteiger partial charge on any atom is 0.416 e. The fraction of sp³-hybridized carbons (Fsp3) is 0.312. The molecule has 1 aromatic heterocycles. The molecule has 2 N–H and O–H groups in total. The number of carbonyl (C=O) groups excluding carboxylic acids is 1. The van der Waals surface area contributed by atoms with Gasteiger partial charge in [0.25, 0.3) is 0 Å². The van der Waals surface area contributed by atoms with Crippen LogP contribution in [0.2, 0.25) is 0 Å². The Labute approximate surface area is 152 Å². The zero-order valence-corrected chi connectivity index (χ0v) is 15.0. The summed E-state index contributed by atoms with van der Waals surface area (Å²) in [7, 11) is -3.69. The molecular weight excluding hydrogens is 391 g/mol. The first kappa shape index (κ1) is 20.4. The molecule has 2 aromatic rings. The molecule has 0 unspecified atom stereocenters. The van der Waals surface area contributed by atoms with E-state index < -0.39 is 33.2 Å². The van der Waals surface area contributed by atoms with E-state index in [2.05, 4.69) is 5.32 Å². The minimum atomic E-state index is -4.41. The second kappa shape index (κ2) is 8.19. The van der Waals surface area contributed by atoms with Crippen molar-refractivity contribution in [1.82, 2.24) is 5.32 Å². The van der Waals surface area contributed by atoms with Gasteiger partial charge < -0.3 is 10.4 Å². The Morgan fingerprint density at radius 3 is 2.38 bits per heavy atom. The first-order chi connectivity index (χ1) is 12.1. The molecule has 0 spiro atoms. The normalized spacial score (nSPS) is 12.2. The summed E-state index contributed by atoms with van der Waals surface area (Å²) >= 11 is 1.15. The second-order valence-corrected chi connectivity index (χ2v) is 8.54. The molecule has 26 heavy (non-hydrogen) atoms. The van der Waals surface area contributed by atoms with E-state index in [1.807, 2.05) is 0 Å². The number of benzene rings is 1. The number of hydrogen-bond acceptors (Lipinski definition) is 5. The van der Waals surface area contributed by atoms with Crippen LogP contribution in [0.3, 0.4) is 0 Å². The number of alkyl halides is 3. The summed E-state index contributed by atoms with van der Waals surface area (Å²) in [6.45, 7) is -0.307. The van der Waals surface area contributed by atoms with Crippen molar-refractivity contribution in [3.63, 3.8) is 0 Å². The van der Waals surface area contributed by atoms with Crippen molar-refractivity contribution >= 4 is 27.1 Å². The molecule has 1 amide bonds. The number of hydrogen-bond donors (Lipinski definition) is 2. The number of amides is 1. The van der Waals surface area contributed by atoms with Crippen molar-refractivity contribution in [2.24, 2.45) is 0 Å². The monoisotopic (exact) mass is 407 g/mol. The fourth-order valence-electron chi connectivity index (χ4n) is 2.17. The van der Waals surface area contributed by atoms with Crippen LogP contribution in [0.1, 0.15) is 10.4 Å². The molecule has 0 saturated heterocycles. The molecule has 0 saturated carbocycles. The summed E-state index contributed by atoms with van der Waals surface area (Å²) in [6, 6.07) is 6.16. The number of thiophene rings is 1. The molecule has 0 aliphatic carbocycles. The van der Waals surface area contributed by atoms with Crippen LogP contribution in [0.15, 0.2) is 35.7 Å². The van der Waals surface area contributed by atoms with E-state index in [1.165, 1.54) is 12.1 Å². The number of sulfone groups is 1. The zero-order valence-electron chi connectivity index (χ0n) is 13.4. The lowest BCUT2D eigenvalue weighted by molar-refractivity contribution is -0.137. The summed E-state index contributed by atoms with van der Waals surface area (Å²) in [5.41, 5.74) is 0.394. The smallest absolute Gasteiger partial charge is 0.395 e. The molecule has 0 aliphatic rings. The Hall–Kier alpha value is -1.91. The highest BCUT2D eigenvalue weighted by molar-refractivity contribution is 7.91. The Bertz CT molecular complexity index is 858. The molecule has 0 atom stereocenters. The Balaban J connectivity index is 2.06. The molecule has 0 aliphatic heterocycles. The average Bonchev–Trinajstić information content (AvgIpc) is 2.99. The van der Waals surface area contributed by atoms with Crippen LogP contribution >= 0.6 is 11.3 Å². The van der Waals surface area contributed by atoms with Crippen LogP contribution in [0.25, 0.3) is 11.1 Å². The number of aliphatic hydroxyl groups excluding tert-OH is 1. The van der Waals surface area contributed by atoms with Crippen LogP contribution in [0, 0.1) is 0 Å². The van der Waals surface area contributed by atoms with E-state index in [-0.39, 0.29) is 18.9 Å². The van der Waals surface area contributed by atoms with Crippen LogP contribution < -0.4 is 5.32 Å². The average molecular weight is 407 g/mol. The largest absolute Gasteiger partial charge is 0.416 e. The highest BCUT2D eigenvalue weighted by Gasteiger charge is 2.30. The molecule has 1 heterocycles. The van der Waals surface area contributed by atoms with Crippen LogP contribution in [0.4, 0.5) is 13.2 Å². The lowest BCUT2D eigenvalue weighted by atomic mass is 10.1. The SMILES string of the molecule is O=C(CS(=O)(=O)Cc1cc(-c2ccc(C(F)(F)F)cc2)cs1)NCCO. The lowest BCUT2D eigenvalue weighted by Gasteiger charge is -2.06. The molecule has 0 fully saturated rings. The summed E-state index contributed by atoms with van der Waals surface area (Å²) in [5.74, 6) is -1.73. The molecule has 0 radical (unpaired) electrons. The number of nitrogens with one attached hydrogen (secondary N) is 1. The molecule has 1 aromatic carbocycles. The minimum absolute atomic E-state index is 0.0224. The van der Waals surface area contributed by atoms with Gasteiger partial charge in [0.1, 0.15) is 5.75 Å². The van der Waals surface area contributed by atoms with Crippen molar-refractivity contribution in [1.29, 1.82) is 0 Å². The molecule has 0 bridgehead atoms. The molecule has 10 heteroatoms. The van der Waals surface area contributed by atoms with Crippen molar-refractivity contribution in [3.8, 4) is 11.1 Å². The van der Waals surface area contributed by atoms with Crippen LogP contribution in [0.5, 0.6) is 0 Å². The van der Waals surface area contributed by atoms with E-state index in [9.17, 15) is 26.4 Å². The number of carbonyl (C=O) groups is 1. The lowest BCUT2D eigenvalue weighted by Crippen LogP contribution is -2.32. The van der Waals surface area contributed by atoms with Gasteiger partial charge in [-0.15, -0.1) is 11.3 Å². The van der Waals surface area contributed by atoms with Gasteiger partial charge in [-0.3, -0.25) is 4.79 Å². The van der Waals surface area contributed by atoms with Gasteiger partial charge in [0.15, 0.2) is 9.84 Å². The third-order valence-corrected chi connectivity index (χ3v) is 5.92. The fourth-order valence-corrected chi connectivity index (χ4v) is 4.78. The van der Waals surface area contributed by atoms with Crippen molar-refractivity contribution in [2.45, 2.75) is 11.9 Å². The highest BCUT2D eigenvalue weighted by atomic mass is 32.2. The van der Waals surface area contributed by atoms with Crippen molar-refractivity contribution < 1.29 is 31.5 Å². The van der Waals surface area contributed by atoms with Gasteiger partial charge in [0.2, 0.25) is 5.91 Å². The quantitative estimate of drug-likeness (QED) is 0.739. The number of aliphatic hydroxyl groups is 1. The van der Waals surface area contributed by atoms with Gasteiger partial charge in [-0.05, 0) is 34.7 Å². The van der Waals surface area contributed by atoms with Gasteiger partial charge in [0, 0.05) is 11.4 Å². The second-order valence-electron chi connectivity index (χ2n) is 5.48. The highest BCUT2D eigenvalue weighted by Crippen LogP contribution is 2.32. The first-order valence-corrected chi connectivity index (χ1v) is 10.1. The number of rotatable bonds is 7. The molecule has 5 nitrogen and oxygen atoms in total. The molecular formula is C16H16F3NO4S2. The predicted octanol–water partition coefficient (Wildman–Crippen LogP) is 2.46. The predicted molar refractivity (Wildman–Crippen MR) is 92.3 cm³/mol. The third kappa shape index (κ3) is 5.82. The van der Waals surface area contributed by atoms with Gasteiger partial charge in [-0.2, -0.15) is 13.2 Å². The summed E-state index contributed by atoms with van der Waals surface area (Å²) in [4.78, 5) is 11.9. The van der Waals surface area contributed by atoms with Crippen molar-refractivity contribution in [2.75, 3.05) is 18.9 Å². The Morgan fingerprint density at radius 2 is 1.81 bits per heavy atom. The maximum atomic E-state index is 12.6. The summed E-state index contributed by atoms with van der Waals surface area (Å²) < 4.78 is 61.8. The van der Waals surface area contributed by atoms with E-state index in [0.29, 0.717) is 16.0 Å². The topological polar surface area (TPSA) is 83.5 Å². The minimum Gasteiger partial charge on any atom is -0.395 e. The van der Waals surface area contributed by atoms with Crippen molar-refractivity contribution in [3.05, 3.63) is 46.2 Å². The standard InChI is InChI=1S/C16H16F3NO4S2/c17-16(18,19)13-3-1-11(2-4-13)12-7-14(25-8-12)9-26(23,24)10-15(22)20-5-6-21/h1-4,7-8,21H,5-6,9-10H2,(H,20,22). The van der Waals surface area contributed by atoms with Gasteiger partial charge >= 0.3 is 6.18 Å². The maximum absolute atomic E-state index is 12.6. The van der Waals surface area contributed by atoms with E-state index >= 15 is 0 Å². The van der Waals surface area contributed by atoms with Gasteiger partial charge in [-0.25, -0.2) is 8.42 Å². The zero-order chi connectivity index (χ0) is 19.4.